The van der Waals surface area contributed by atoms with E-state index in [9.17, 15) is 4.79 Å². The molecule has 0 aromatic rings. The number of rotatable bonds is 4. The predicted molar refractivity (Wildman–Crippen MR) is 64.5 cm³/mol. The minimum absolute atomic E-state index is 0.0767. The molecule has 2 aliphatic rings. The van der Waals surface area contributed by atoms with Crippen molar-refractivity contribution >= 4 is 5.91 Å². The Morgan fingerprint density at radius 3 is 3.00 bits per heavy atom. The average Bonchev–Trinajstić information content (AvgIpc) is 2.96. The first-order valence-corrected chi connectivity index (χ1v) is 6.77. The van der Waals surface area contributed by atoms with Crippen LogP contribution in [0.2, 0.25) is 0 Å². The molecule has 1 N–H and O–H groups in total. The molecule has 0 saturated carbocycles. The molecule has 3 unspecified atom stereocenters. The van der Waals surface area contributed by atoms with Crippen molar-refractivity contribution in [2.75, 3.05) is 26.3 Å². The molecule has 0 radical (unpaired) electrons. The molecular weight excluding hydrogens is 218 g/mol. The van der Waals surface area contributed by atoms with E-state index in [1.165, 1.54) is 0 Å². The fraction of sp³-hybridized carbons (Fsp3) is 0.923. The largest absolute Gasteiger partial charge is 0.396 e. The van der Waals surface area contributed by atoms with Gasteiger partial charge < -0.3 is 14.7 Å². The minimum Gasteiger partial charge on any atom is -0.396 e. The fourth-order valence-electron chi connectivity index (χ4n) is 3.02. The zero-order valence-corrected chi connectivity index (χ0v) is 10.6. The quantitative estimate of drug-likeness (QED) is 0.800. The molecule has 2 fully saturated rings. The Hall–Kier alpha value is -0.610. The molecule has 2 rings (SSSR count). The molecule has 4 nitrogen and oxygen atoms in total. The van der Waals surface area contributed by atoms with Crippen LogP contribution >= 0.6 is 0 Å². The molecule has 17 heavy (non-hydrogen) atoms. The molecule has 0 aliphatic carbocycles. The second-order valence-electron chi connectivity index (χ2n) is 5.16. The van der Waals surface area contributed by atoms with E-state index in [1.807, 2.05) is 4.90 Å². The number of hydrogen-bond acceptors (Lipinski definition) is 3. The van der Waals surface area contributed by atoms with E-state index >= 15 is 0 Å². The third kappa shape index (κ3) is 2.80. The molecular formula is C13H23NO3. The zero-order valence-electron chi connectivity index (χ0n) is 10.6. The number of amides is 1. The van der Waals surface area contributed by atoms with Crippen molar-refractivity contribution in [3.63, 3.8) is 0 Å². The van der Waals surface area contributed by atoms with Crippen LogP contribution in [0.3, 0.4) is 0 Å². The average molecular weight is 241 g/mol. The molecule has 0 spiro atoms. The number of nitrogens with zero attached hydrogens (tertiary/aromatic N) is 1. The van der Waals surface area contributed by atoms with Crippen LogP contribution < -0.4 is 0 Å². The minimum atomic E-state index is 0.0767. The van der Waals surface area contributed by atoms with Crippen LogP contribution in [0.5, 0.6) is 0 Å². The summed E-state index contributed by atoms with van der Waals surface area (Å²) in [6, 6.07) is 0. The number of ether oxygens (including phenoxy) is 1. The standard InChI is InChI=1S/C13H23NO3/c1-2-12-11(5-8-17-12)13(16)14-6-3-10(9-14)4-7-15/h10-12,15H,2-9H2,1H3. The lowest BCUT2D eigenvalue weighted by Gasteiger charge is -2.23. The maximum Gasteiger partial charge on any atom is 0.228 e. The number of aliphatic hydroxyl groups is 1. The highest BCUT2D eigenvalue weighted by Crippen LogP contribution is 2.28. The van der Waals surface area contributed by atoms with Crippen molar-refractivity contribution < 1.29 is 14.6 Å². The molecule has 0 aromatic heterocycles. The van der Waals surface area contributed by atoms with Gasteiger partial charge in [-0.15, -0.1) is 0 Å². The van der Waals surface area contributed by atoms with Gasteiger partial charge >= 0.3 is 0 Å². The Morgan fingerprint density at radius 1 is 1.47 bits per heavy atom. The van der Waals surface area contributed by atoms with Crippen molar-refractivity contribution in [2.24, 2.45) is 11.8 Å². The van der Waals surface area contributed by atoms with Crippen LogP contribution in [-0.4, -0.2) is 48.3 Å². The number of aliphatic hydroxyl groups excluding tert-OH is 1. The Bertz CT molecular complexity index is 269. The summed E-state index contributed by atoms with van der Waals surface area (Å²) < 4.78 is 5.58. The van der Waals surface area contributed by atoms with E-state index < -0.39 is 0 Å². The molecule has 98 valence electrons. The maximum absolute atomic E-state index is 12.4. The Morgan fingerprint density at radius 2 is 2.29 bits per heavy atom. The van der Waals surface area contributed by atoms with Crippen LogP contribution in [0.1, 0.15) is 32.6 Å². The Kier molecular flexibility index (Phi) is 4.40. The second-order valence-corrected chi connectivity index (χ2v) is 5.16. The van der Waals surface area contributed by atoms with Crippen molar-refractivity contribution in [1.29, 1.82) is 0 Å². The van der Waals surface area contributed by atoms with Crippen LogP contribution in [-0.2, 0) is 9.53 Å². The second kappa shape index (κ2) is 5.83. The highest BCUT2D eigenvalue weighted by atomic mass is 16.5. The van der Waals surface area contributed by atoms with Gasteiger partial charge in [-0.25, -0.2) is 0 Å². The van der Waals surface area contributed by atoms with Crippen LogP contribution in [0.15, 0.2) is 0 Å². The van der Waals surface area contributed by atoms with Gasteiger partial charge in [0.2, 0.25) is 5.91 Å². The summed E-state index contributed by atoms with van der Waals surface area (Å²) in [5.74, 6) is 0.842. The Labute approximate surface area is 103 Å². The monoisotopic (exact) mass is 241 g/mol. The summed E-state index contributed by atoms with van der Waals surface area (Å²) in [6.07, 6.45) is 3.78. The molecule has 1 amide bonds. The van der Waals surface area contributed by atoms with Gasteiger partial charge in [0.05, 0.1) is 12.0 Å². The number of likely N-dealkylation sites (tertiary alicyclic amines) is 1. The molecule has 0 bridgehead atoms. The Balaban J connectivity index is 1.88. The van der Waals surface area contributed by atoms with Gasteiger partial charge in [0.25, 0.3) is 0 Å². The van der Waals surface area contributed by atoms with Gasteiger partial charge in [-0.05, 0) is 31.6 Å². The van der Waals surface area contributed by atoms with Gasteiger partial charge in [-0.3, -0.25) is 4.79 Å². The number of carbonyl (C=O) groups excluding carboxylic acids is 1. The van der Waals surface area contributed by atoms with E-state index in [0.717, 1.165) is 45.4 Å². The lowest BCUT2D eigenvalue weighted by Crippen LogP contribution is -2.37. The van der Waals surface area contributed by atoms with Crippen molar-refractivity contribution in [3.05, 3.63) is 0 Å². The first-order valence-electron chi connectivity index (χ1n) is 6.77. The first-order chi connectivity index (χ1) is 8.26. The highest BCUT2D eigenvalue weighted by molar-refractivity contribution is 5.80. The maximum atomic E-state index is 12.4. The molecule has 4 heteroatoms. The van der Waals surface area contributed by atoms with Crippen molar-refractivity contribution in [1.82, 2.24) is 4.90 Å². The summed E-state index contributed by atoms with van der Waals surface area (Å²) in [6.45, 7) is 4.72. The highest BCUT2D eigenvalue weighted by Gasteiger charge is 2.37. The van der Waals surface area contributed by atoms with Crippen LogP contribution in [0, 0.1) is 11.8 Å². The molecule has 2 heterocycles. The predicted octanol–water partition coefficient (Wildman–Crippen LogP) is 1.03. The summed E-state index contributed by atoms with van der Waals surface area (Å²) in [5.41, 5.74) is 0. The summed E-state index contributed by atoms with van der Waals surface area (Å²) >= 11 is 0. The number of hydrogen-bond donors (Lipinski definition) is 1. The van der Waals surface area contributed by atoms with Gasteiger partial charge in [0.1, 0.15) is 0 Å². The summed E-state index contributed by atoms with van der Waals surface area (Å²) in [4.78, 5) is 14.3. The summed E-state index contributed by atoms with van der Waals surface area (Å²) in [5, 5.41) is 8.92. The van der Waals surface area contributed by atoms with E-state index in [1.54, 1.807) is 0 Å². The van der Waals surface area contributed by atoms with Crippen molar-refractivity contribution in [3.8, 4) is 0 Å². The first kappa shape index (κ1) is 12.8. The van der Waals surface area contributed by atoms with Gasteiger partial charge in [0.15, 0.2) is 0 Å². The number of carbonyl (C=O) groups is 1. The lowest BCUT2D eigenvalue weighted by molar-refractivity contribution is -0.136. The van der Waals surface area contributed by atoms with E-state index in [0.29, 0.717) is 5.92 Å². The van der Waals surface area contributed by atoms with E-state index in [-0.39, 0.29) is 24.5 Å². The van der Waals surface area contributed by atoms with E-state index in [4.69, 9.17) is 9.84 Å². The van der Waals surface area contributed by atoms with E-state index in [2.05, 4.69) is 6.92 Å². The van der Waals surface area contributed by atoms with Crippen molar-refractivity contribution in [2.45, 2.75) is 38.7 Å². The summed E-state index contributed by atoms with van der Waals surface area (Å²) in [7, 11) is 0. The lowest BCUT2D eigenvalue weighted by atomic mass is 9.98. The third-order valence-corrected chi connectivity index (χ3v) is 4.06. The molecule has 2 aliphatic heterocycles. The van der Waals surface area contributed by atoms with Crippen LogP contribution in [0.25, 0.3) is 0 Å². The molecule has 3 atom stereocenters. The van der Waals surface area contributed by atoms with Gasteiger partial charge in [-0.2, -0.15) is 0 Å². The zero-order chi connectivity index (χ0) is 12.3. The topological polar surface area (TPSA) is 49.8 Å². The smallest absolute Gasteiger partial charge is 0.228 e. The van der Waals surface area contributed by atoms with Gasteiger partial charge in [0, 0.05) is 26.3 Å². The third-order valence-electron chi connectivity index (χ3n) is 4.06. The molecule has 2 saturated heterocycles. The van der Waals surface area contributed by atoms with Gasteiger partial charge in [-0.1, -0.05) is 6.92 Å². The SMILES string of the molecule is CCC1OCCC1C(=O)N1CCC(CCO)C1. The van der Waals surface area contributed by atoms with Crippen LogP contribution in [0.4, 0.5) is 0 Å². The fourth-order valence-corrected chi connectivity index (χ4v) is 3.02. The molecule has 0 aromatic carbocycles. The normalized spacial score (nSPS) is 33.3.